The van der Waals surface area contributed by atoms with Crippen LogP contribution in [0.2, 0.25) is 0 Å². The number of hydrogen-bond acceptors (Lipinski definition) is 4. The van der Waals surface area contributed by atoms with Crippen LogP contribution >= 0.6 is 0 Å². The summed E-state index contributed by atoms with van der Waals surface area (Å²) in [5.74, 6) is -0.526. The highest BCUT2D eigenvalue weighted by Crippen LogP contribution is 2.25. The molecule has 0 spiro atoms. The summed E-state index contributed by atoms with van der Waals surface area (Å²) in [6.07, 6.45) is 3.97. The molecule has 1 rings (SSSR count). The third-order valence-corrected chi connectivity index (χ3v) is 3.21. The summed E-state index contributed by atoms with van der Waals surface area (Å²) in [5.41, 5.74) is 0. The summed E-state index contributed by atoms with van der Waals surface area (Å²) in [6.45, 7) is 6.13. The Kier molecular flexibility index (Phi) is 6.26. The molecule has 1 aliphatic rings. The summed E-state index contributed by atoms with van der Waals surface area (Å²) >= 11 is 0. The van der Waals surface area contributed by atoms with Gasteiger partial charge in [-0.3, -0.25) is 4.79 Å². The van der Waals surface area contributed by atoms with Gasteiger partial charge in [0.2, 0.25) is 0 Å². The highest BCUT2D eigenvalue weighted by Gasteiger charge is 2.37. The number of carbonyl (C=O) groups excluding carboxylic acids is 1. The Morgan fingerprint density at radius 1 is 1.39 bits per heavy atom. The fourth-order valence-electron chi connectivity index (χ4n) is 2.12. The lowest BCUT2D eigenvalue weighted by Gasteiger charge is -2.20. The van der Waals surface area contributed by atoms with Crippen LogP contribution in [0.15, 0.2) is 0 Å². The Balaban J connectivity index is 2.19. The van der Waals surface area contributed by atoms with E-state index in [9.17, 15) is 9.90 Å². The molecule has 18 heavy (non-hydrogen) atoms. The molecule has 0 aromatic carbocycles. The Morgan fingerprint density at radius 2 is 2.11 bits per heavy atom. The van der Waals surface area contributed by atoms with Gasteiger partial charge in [0.15, 0.2) is 5.79 Å². The van der Waals surface area contributed by atoms with E-state index in [1.54, 1.807) is 0 Å². The maximum absolute atomic E-state index is 11.7. The zero-order valence-electron chi connectivity index (χ0n) is 11.8. The summed E-state index contributed by atoms with van der Waals surface area (Å²) in [7, 11) is 0. The molecule has 1 aliphatic heterocycles. The molecule has 1 saturated heterocycles. The van der Waals surface area contributed by atoms with Gasteiger partial charge in [0.05, 0.1) is 12.7 Å². The van der Waals surface area contributed by atoms with Crippen molar-refractivity contribution >= 4 is 5.78 Å². The molecule has 2 atom stereocenters. The molecule has 1 fully saturated rings. The molecule has 0 radical (unpaired) electrons. The van der Waals surface area contributed by atoms with E-state index in [2.05, 4.69) is 6.92 Å². The smallest absolute Gasteiger partial charge is 0.163 e. The number of carbonyl (C=O) groups is 1. The zero-order valence-corrected chi connectivity index (χ0v) is 11.8. The average molecular weight is 258 g/mol. The molecule has 0 aromatic rings. The highest BCUT2D eigenvalue weighted by atomic mass is 16.7. The van der Waals surface area contributed by atoms with Gasteiger partial charge in [0, 0.05) is 12.8 Å². The molecule has 1 heterocycles. The Bertz CT molecular complexity index is 263. The van der Waals surface area contributed by atoms with Crippen molar-refractivity contribution in [2.45, 2.75) is 77.3 Å². The highest BCUT2D eigenvalue weighted by molar-refractivity contribution is 5.78. The van der Waals surface area contributed by atoms with Gasteiger partial charge in [-0.25, -0.2) is 0 Å². The fourth-order valence-corrected chi connectivity index (χ4v) is 2.12. The predicted molar refractivity (Wildman–Crippen MR) is 69.3 cm³/mol. The average Bonchev–Trinajstić information content (AvgIpc) is 2.65. The molecular weight excluding hydrogens is 232 g/mol. The molecule has 0 aliphatic carbocycles. The van der Waals surface area contributed by atoms with Gasteiger partial charge in [-0.15, -0.1) is 0 Å². The molecule has 1 N–H and O–H groups in total. The van der Waals surface area contributed by atoms with Gasteiger partial charge >= 0.3 is 0 Å². The number of rotatable bonds is 8. The van der Waals surface area contributed by atoms with Crippen molar-refractivity contribution in [3.63, 3.8) is 0 Å². The van der Waals surface area contributed by atoms with Crippen LogP contribution in [0.4, 0.5) is 0 Å². The third kappa shape index (κ3) is 5.46. The summed E-state index contributed by atoms with van der Waals surface area (Å²) in [4.78, 5) is 11.7. The lowest BCUT2D eigenvalue weighted by atomic mass is 10.0. The summed E-state index contributed by atoms with van der Waals surface area (Å²) in [5, 5.41) is 9.93. The minimum absolute atomic E-state index is 0.118. The molecule has 0 aromatic heterocycles. The second-order valence-electron chi connectivity index (χ2n) is 5.49. The standard InChI is InChI=1S/C14H26O4/c1-4-5-6-7-8-11(15)9-12(16)13-10-17-14(2,3)18-13/h12-13,16H,4-10H2,1-3H3/t12-,13+/m0/s1. The van der Waals surface area contributed by atoms with Crippen LogP contribution < -0.4 is 0 Å². The van der Waals surface area contributed by atoms with Crippen LogP contribution in [0.3, 0.4) is 0 Å². The fraction of sp³-hybridized carbons (Fsp3) is 0.929. The van der Waals surface area contributed by atoms with Gasteiger partial charge in [0.25, 0.3) is 0 Å². The van der Waals surface area contributed by atoms with Crippen LogP contribution in [0, 0.1) is 0 Å². The molecule has 0 bridgehead atoms. The molecule has 106 valence electrons. The van der Waals surface area contributed by atoms with E-state index < -0.39 is 11.9 Å². The van der Waals surface area contributed by atoms with Crippen molar-refractivity contribution in [3.8, 4) is 0 Å². The SMILES string of the molecule is CCCCCCC(=O)C[C@H](O)[C@H]1COC(C)(C)O1. The van der Waals surface area contributed by atoms with Crippen molar-refractivity contribution in [3.05, 3.63) is 0 Å². The van der Waals surface area contributed by atoms with Crippen molar-refractivity contribution in [2.24, 2.45) is 0 Å². The van der Waals surface area contributed by atoms with Gasteiger partial charge in [-0.1, -0.05) is 26.2 Å². The summed E-state index contributed by atoms with van der Waals surface area (Å²) < 4.78 is 10.9. The van der Waals surface area contributed by atoms with E-state index in [0.29, 0.717) is 13.0 Å². The Morgan fingerprint density at radius 3 is 2.67 bits per heavy atom. The van der Waals surface area contributed by atoms with Crippen molar-refractivity contribution in [2.75, 3.05) is 6.61 Å². The first-order chi connectivity index (χ1) is 8.44. The maximum atomic E-state index is 11.7. The second-order valence-corrected chi connectivity index (χ2v) is 5.49. The Hall–Kier alpha value is -0.450. The quantitative estimate of drug-likeness (QED) is 0.679. The first kappa shape index (κ1) is 15.6. The van der Waals surface area contributed by atoms with Gasteiger partial charge in [0.1, 0.15) is 11.9 Å². The largest absolute Gasteiger partial charge is 0.390 e. The van der Waals surface area contributed by atoms with Crippen LogP contribution in [-0.4, -0.2) is 35.5 Å². The van der Waals surface area contributed by atoms with Crippen molar-refractivity contribution < 1.29 is 19.4 Å². The van der Waals surface area contributed by atoms with E-state index in [-0.39, 0.29) is 18.3 Å². The normalized spacial score (nSPS) is 24.1. The van der Waals surface area contributed by atoms with Crippen LogP contribution in [0.5, 0.6) is 0 Å². The van der Waals surface area contributed by atoms with Gasteiger partial charge in [-0.05, 0) is 20.3 Å². The number of ether oxygens (including phenoxy) is 2. The van der Waals surface area contributed by atoms with E-state index >= 15 is 0 Å². The number of ketones is 1. The first-order valence-electron chi connectivity index (χ1n) is 6.96. The minimum atomic E-state index is -0.745. The lowest BCUT2D eigenvalue weighted by Crippen LogP contribution is -2.32. The third-order valence-electron chi connectivity index (χ3n) is 3.21. The number of aliphatic hydroxyl groups is 1. The Labute approximate surface area is 110 Å². The van der Waals surface area contributed by atoms with Crippen molar-refractivity contribution in [1.29, 1.82) is 0 Å². The lowest BCUT2D eigenvalue weighted by molar-refractivity contribution is -0.153. The monoisotopic (exact) mass is 258 g/mol. The van der Waals surface area contributed by atoms with E-state index in [0.717, 1.165) is 12.8 Å². The van der Waals surface area contributed by atoms with Gasteiger partial charge in [-0.2, -0.15) is 0 Å². The number of unbranched alkanes of at least 4 members (excludes halogenated alkanes) is 3. The predicted octanol–water partition coefficient (Wildman–Crippen LogP) is 2.43. The van der Waals surface area contributed by atoms with Crippen LogP contribution in [0.25, 0.3) is 0 Å². The van der Waals surface area contributed by atoms with Crippen LogP contribution in [0.1, 0.15) is 59.3 Å². The molecule has 4 heteroatoms. The van der Waals surface area contributed by atoms with Gasteiger partial charge < -0.3 is 14.6 Å². The number of hydrogen-bond donors (Lipinski definition) is 1. The molecule has 0 saturated carbocycles. The van der Waals surface area contributed by atoms with E-state index in [1.165, 1.54) is 12.8 Å². The number of Topliss-reactive ketones (excluding diaryl/α,β-unsaturated/α-hetero) is 1. The number of aliphatic hydroxyl groups excluding tert-OH is 1. The second kappa shape index (κ2) is 7.22. The van der Waals surface area contributed by atoms with Crippen LogP contribution in [-0.2, 0) is 14.3 Å². The maximum Gasteiger partial charge on any atom is 0.163 e. The van der Waals surface area contributed by atoms with E-state index in [1.807, 2.05) is 13.8 Å². The molecule has 4 nitrogen and oxygen atoms in total. The molecule has 0 amide bonds. The molecule has 0 unspecified atom stereocenters. The minimum Gasteiger partial charge on any atom is -0.390 e. The zero-order chi connectivity index (χ0) is 13.6. The topological polar surface area (TPSA) is 55.8 Å². The summed E-state index contributed by atoms with van der Waals surface area (Å²) in [6, 6.07) is 0. The van der Waals surface area contributed by atoms with E-state index in [4.69, 9.17) is 9.47 Å². The first-order valence-corrected chi connectivity index (χ1v) is 6.96. The molecular formula is C14H26O4. The van der Waals surface area contributed by atoms with Crippen molar-refractivity contribution in [1.82, 2.24) is 0 Å².